The summed E-state index contributed by atoms with van der Waals surface area (Å²) in [4.78, 5) is 6.92. The molecule has 1 aliphatic heterocycles. The van der Waals surface area contributed by atoms with Gasteiger partial charge in [0, 0.05) is 37.9 Å². The van der Waals surface area contributed by atoms with Crippen LogP contribution in [0, 0.1) is 0 Å². The zero-order valence-electron chi connectivity index (χ0n) is 10.6. The molecule has 1 N–H and O–H groups in total. The Morgan fingerprint density at radius 2 is 2.29 bits per heavy atom. The summed E-state index contributed by atoms with van der Waals surface area (Å²) in [6.45, 7) is 6.82. The molecule has 0 amide bonds. The molecule has 3 rings (SSSR count). The van der Waals surface area contributed by atoms with Gasteiger partial charge < -0.3 is 9.88 Å². The van der Waals surface area contributed by atoms with Crippen LogP contribution in [-0.2, 0) is 6.54 Å². The molecule has 0 unspecified atom stereocenters. The lowest BCUT2D eigenvalue weighted by molar-refractivity contribution is 0.134. The zero-order valence-corrected chi connectivity index (χ0v) is 10.6. The molecule has 2 fully saturated rings. The van der Waals surface area contributed by atoms with Crippen LogP contribution >= 0.6 is 0 Å². The van der Waals surface area contributed by atoms with E-state index in [0.717, 1.165) is 31.7 Å². The van der Waals surface area contributed by atoms with E-state index in [4.69, 9.17) is 0 Å². The molecule has 0 spiro atoms. The highest BCUT2D eigenvalue weighted by molar-refractivity contribution is 5.04. The quantitative estimate of drug-likeness (QED) is 0.807. The fourth-order valence-corrected chi connectivity index (χ4v) is 2.55. The molecular weight excluding hydrogens is 212 g/mol. The predicted molar refractivity (Wildman–Crippen MR) is 67.9 cm³/mol. The topological polar surface area (TPSA) is 33.1 Å². The van der Waals surface area contributed by atoms with Gasteiger partial charge in [-0.05, 0) is 25.8 Å². The van der Waals surface area contributed by atoms with Crippen LogP contribution in [0.5, 0.6) is 0 Å². The minimum atomic E-state index is 0.734. The van der Waals surface area contributed by atoms with Crippen LogP contribution < -0.4 is 5.32 Å². The van der Waals surface area contributed by atoms with E-state index in [1.54, 1.807) is 0 Å². The SMILES string of the molecule is CCCN(Cc1cncn1C1CC1)C1CNC1. The highest BCUT2D eigenvalue weighted by Gasteiger charge is 2.28. The van der Waals surface area contributed by atoms with Crippen LogP contribution in [0.4, 0.5) is 0 Å². The van der Waals surface area contributed by atoms with Gasteiger partial charge >= 0.3 is 0 Å². The first-order valence-electron chi connectivity index (χ1n) is 6.84. The number of imidazole rings is 1. The lowest BCUT2D eigenvalue weighted by Crippen LogP contribution is -2.57. The van der Waals surface area contributed by atoms with Crippen molar-refractivity contribution in [1.82, 2.24) is 19.8 Å². The van der Waals surface area contributed by atoms with Crippen molar-refractivity contribution < 1.29 is 0 Å². The second-order valence-electron chi connectivity index (χ2n) is 5.31. The van der Waals surface area contributed by atoms with Crippen LogP contribution in [0.1, 0.15) is 37.9 Å². The van der Waals surface area contributed by atoms with Gasteiger partial charge in [0.25, 0.3) is 0 Å². The molecule has 4 nitrogen and oxygen atoms in total. The number of nitrogens with one attached hydrogen (secondary N) is 1. The Bertz CT molecular complexity index is 365. The third-order valence-electron chi connectivity index (χ3n) is 3.84. The Balaban J connectivity index is 1.67. The smallest absolute Gasteiger partial charge is 0.0951 e. The first-order chi connectivity index (χ1) is 8.38. The monoisotopic (exact) mass is 234 g/mol. The molecular formula is C13H22N4. The maximum Gasteiger partial charge on any atom is 0.0951 e. The van der Waals surface area contributed by atoms with Crippen LogP contribution in [-0.4, -0.2) is 40.1 Å². The first kappa shape index (κ1) is 11.2. The van der Waals surface area contributed by atoms with Crippen molar-refractivity contribution >= 4 is 0 Å². The second-order valence-corrected chi connectivity index (χ2v) is 5.31. The Kier molecular flexibility index (Phi) is 3.16. The summed E-state index contributed by atoms with van der Waals surface area (Å²) in [6, 6.07) is 1.48. The number of hydrogen-bond donors (Lipinski definition) is 1. The van der Waals surface area contributed by atoms with E-state index in [0.29, 0.717) is 0 Å². The minimum Gasteiger partial charge on any atom is -0.330 e. The zero-order chi connectivity index (χ0) is 11.7. The number of hydrogen-bond acceptors (Lipinski definition) is 3. The molecule has 1 saturated carbocycles. The van der Waals surface area contributed by atoms with Crippen LogP contribution in [0.2, 0.25) is 0 Å². The summed E-state index contributed by atoms with van der Waals surface area (Å²) in [5, 5.41) is 3.37. The predicted octanol–water partition coefficient (Wildman–Crippen LogP) is 1.40. The van der Waals surface area contributed by atoms with Gasteiger partial charge in [0.15, 0.2) is 0 Å². The fraction of sp³-hybridized carbons (Fsp3) is 0.769. The molecule has 17 heavy (non-hydrogen) atoms. The molecule has 0 atom stereocenters. The summed E-state index contributed by atoms with van der Waals surface area (Å²) >= 11 is 0. The van der Waals surface area contributed by atoms with E-state index in [1.807, 2.05) is 12.5 Å². The highest BCUT2D eigenvalue weighted by atomic mass is 15.2. The molecule has 94 valence electrons. The van der Waals surface area contributed by atoms with Crippen molar-refractivity contribution in [2.45, 2.75) is 44.8 Å². The summed E-state index contributed by atoms with van der Waals surface area (Å²) in [5.74, 6) is 0. The van der Waals surface area contributed by atoms with E-state index < -0.39 is 0 Å². The van der Waals surface area contributed by atoms with E-state index in [1.165, 1.54) is 31.5 Å². The van der Waals surface area contributed by atoms with Gasteiger partial charge in [-0.3, -0.25) is 4.90 Å². The number of rotatable bonds is 6. The molecule has 2 heterocycles. The van der Waals surface area contributed by atoms with E-state index in [9.17, 15) is 0 Å². The van der Waals surface area contributed by atoms with Crippen molar-refractivity contribution in [3.8, 4) is 0 Å². The van der Waals surface area contributed by atoms with Gasteiger partial charge in [-0.15, -0.1) is 0 Å². The number of aromatic nitrogens is 2. The van der Waals surface area contributed by atoms with Crippen molar-refractivity contribution in [3.63, 3.8) is 0 Å². The number of nitrogens with zero attached hydrogens (tertiary/aromatic N) is 3. The molecule has 0 bridgehead atoms. The minimum absolute atomic E-state index is 0.734. The lowest BCUT2D eigenvalue weighted by Gasteiger charge is -2.38. The summed E-state index contributed by atoms with van der Waals surface area (Å²) in [7, 11) is 0. The molecule has 4 heteroatoms. The fourth-order valence-electron chi connectivity index (χ4n) is 2.55. The van der Waals surface area contributed by atoms with E-state index in [-0.39, 0.29) is 0 Å². The maximum absolute atomic E-state index is 4.32. The Hall–Kier alpha value is -0.870. The molecule has 1 aliphatic carbocycles. The van der Waals surface area contributed by atoms with Gasteiger partial charge in [-0.2, -0.15) is 0 Å². The maximum atomic E-state index is 4.32. The van der Waals surface area contributed by atoms with Gasteiger partial charge in [0.1, 0.15) is 0 Å². The standard InChI is InChI=1S/C13H22N4/c1-2-5-16(12-6-14-7-12)9-13-8-15-10-17(13)11-3-4-11/h8,10-12,14H,2-7,9H2,1H3. The van der Waals surface area contributed by atoms with Gasteiger partial charge in [-0.1, -0.05) is 6.92 Å². The molecule has 1 saturated heterocycles. The van der Waals surface area contributed by atoms with Crippen LogP contribution in [0.25, 0.3) is 0 Å². The Labute approximate surface area is 103 Å². The third kappa shape index (κ3) is 2.38. The van der Waals surface area contributed by atoms with Crippen molar-refractivity contribution in [1.29, 1.82) is 0 Å². The van der Waals surface area contributed by atoms with Crippen molar-refractivity contribution in [2.75, 3.05) is 19.6 Å². The van der Waals surface area contributed by atoms with Crippen molar-refractivity contribution in [3.05, 3.63) is 18.2 Å². The lowest BCUT2D eigenvalue weighted by atomic mass is 10.1. The van der Waals surface area contributed by atoms with Gasteiger partial charge in [0.2, 0.25) is 0 Å². The molecule has 1 aromatic rings. The molecule has 2 aliphatic rings. The summed E-state index contributed by atoms with van der Waals surface area (Å²) in [6.07, 6.45) is 7.96. The average Bonchev–Trinajstić information content (AvgIpc) is 2.98. The second kappa shape index (κ2) is 4.78. The highest BCUT2D eigenvalue weighted by Crippen LogP contribution is 2.35. The third-order valence-corrected chi connectivity index (χ3v) is 3.84. The average molecular weight is 234 g/mol. The van der Waals surface area contributed by atoms with Crippen molar-refractivity contribution in [2.24, 2.45) is 0 Å². The Morgan fingerprint density at radius 1 is 1.47 bits per heavy atom. The molecule has 1 aromatic heterocycles. The van der Waals surface area contributed by atoms with Crippen LogP contribution in [0.3, 0.4) is 0 Å². The summed E-state index contributed by atoms with van der Waals surface area (Å²) < 4.78 is 2.38. The Morgan fingerprint density at radius 3 is 2.88 bits per heavy atom. The molecule has 0 aromatic carbocycles. The van der Waals surface area contributed by atoms with Crippen LogP contribution in [0.15, 0.2) is 12.5 Å². The van der Waals surface area contributed by atoms with E-state index >= 15 is 0 Å². The van der Waals surface area contributed by atoms with Gasteiger partial charge in [0.05, 0.1) is 12.0 Å². The largest absolute Gasteiger partial charge is 0.330 e. The van der Waals surface area contributed by atoms with Gasteiger partial charge in [-0.25, -0.2) is 4.98 Å². The summed E-state index contributed by atoms with van der Waals surface area (Å²) in [5.41, 5.74) is 1.40. The first-order valence-corrected chi connectivity index (χ1v) is 6.84. The normalized spacial score (nSPS) is 20.8. The molecule has 0 radical (unpaired) electrons. The van der Waals surface area contributed by atoms with E-state index in [2.05, 4.69) is 26.7 Å².